The molecule has 3 rings (SSSR count). The molecule has 3 aromatic rings. The van der Waals surface area contributed by atoms with Crippen molar-refractivity contribution in [1.82, 2.24) is 4.98 Å². The molecule has 0 spiro atoms. The molecule has 0 aliphatic rings. The van der Waals surface area contributed by atoms with E-state index in [4.69, 9.17) is 21.1 Å². The highest BCUT2D eigenvalue weighted by molar-refractivity contribution is 7.10. The molecule has 0 aliphatic heterocycles. The Morgan fingerprint density at radius 2 is 1.71 bits per heavy atom. The minimum absolute atomic E-state index is 0.709. The third-order valence-electron chi connectivity index (χ3n) is 3.49. The van der Waals surface area contributed by atoms with Crippen LogP contribution in [0.4, 0.5) is 0 Å². The van der Waals surface area contributed by atoms with E-state index in [1.165, 1.54) is 0 Å². The fraction of sp³-hybridized carbons (Fsp3) is 0.105. The lowest BCUT2D eigenvalue weighted by Crippen LogP contribution is -1.90. The van der Waals surface area contributed by atoms with Gasteiger partial charge >= 0.3 is 0 Å². The van der Waals surface area contributed by atoms with Crippen LogP contribution in [0, 0.1) is 0 Å². The molecule has 24 heavy (non-hydrogen) atoms. The fourth-order valence-corrected chi connectivity index (χ4v) is 3.09. The molecular formula is C19H16ClNO2S. The quantitative estimate of drug-likeness (QED) is 0.591. The summed E-state index contributed by atoms with van der Waals surface area (Å²) in [4.78, 5) is 4.63. The third-order valence-corrected chi connectivity index (χ3v) is 4.55. The molecule has 0 saturated heterocycles. The van der Waals surface area contributed by atoms with Crippen molar-refractivity contribution in [2.45, 2.75) is 0 Å². The van der Waals surface area contributed by atoms with Crippen molar-refractivity contribution in [2.24, 2.45) is 0 Å². The molecule has 0 radical (unpaired) electrons. The monoisotopic (exact) mass is 357 g/mol. The van der Waals surface area contributed by atoms with Gasteiger partial charge in [-0.05, 0) is 35.9 Å². The van der Waals surface area contributed by atoms with Crippen molar-refractivity contribution in [2.75, 3.05) is 14.2 Å². The van der Waals surface area contributed by atoms with Crippen LogP contribution in [0.25, 0.3) is 23.4 Å². The summed E-state index contributed by atoms with van der Waals surface area (Å²) < 4.78 is 10.6. The van der Waals surface area contributed by atoms with E-state index in [-0.39, 0.29) is 0 Å². The minimum Gasteiger partial charge on any atom is -0.493 e. The van der Waals surface area contributed by atoms with Crippen LogP contribution in [0.1, 0.15) is 10.6 Å². The van der Waals surface area contributed by atoms with Crippen LogP contribution < -0.4 is 9.47 Å². The van der Waals surface area contributed by atoms with E-state index >= 15 is 0 Å². The summed E-state index contributed by atoms with van der Waals surface area (Å²) in [5, 5.41) is 3.70. The number of hydrogen-bond acceptors (Lipinski definition) is 4. The van der Waals surface area contributed by atoms with Crippen molar-refractivity contribution in [3.8, 4) is 22.8 Å². The Morgan fingerprint density at radius 1 is 0.958 bits per heavy atom. The second-order valence-electron chi connectivity index (χ2n) is 5.03. The Kier molecular flexibility index (Phi) is 5.18. The van der Waals surface area contributed by atoms with Crippen LogP contribution >= 0.6 is 22.9 Å². The van der Waals surface area contributed by atoms with E-state index in [1.807, 2.05) is 60.0 Å². The summed E-state index contributed by atoms with van der Waals surface area (Å²) in [6.07, 6.45) is 4.00. The Balaban J connectivity index is 1.79. The lowest BCUT2D eigenvalue weighted by atomic mass is 10.2. The molecule has 0 aliphatic carbocycles. The van der Waals surface area contributed by atoms with Crippen LogP contribution in [0.15, 0.2) is 47.8 Å². The van der Waals surface area contributed by atoms with Gasteiger partial charge in [-0.2, -0.15) is 0 Å². The average molecular weight is 358 g/mol. The summed E-state index contributed by atoms with van der Waals surface area (Å²) >= 11 is 7.52. The van der Waals surface area contributed by atoms with Gasteiger partial charge in [0.1, 0.15) is 5.01 Å². The highest BCUT2D eigenvalue weighted by Gasteiger charge is 2.04. The first-order chi connectivity index (χ1) is 11.7. The molecule has 0 fully saturated rings. The Bertz CT molecular complexity index is 856. The molecule has 0 N–H and O–H groups in total. The van der Waals surface area contributed by atoms with Crippen molar-refractivity contribution >= 4 is 35.1 Å². The second-order valence-corrected chi connectivity index (χ2v) is 6.35. The highest BCUT2D eigenvalue weighted by atomic mass is 35.5. The van der Waals surface area contributed by atoms with Gasteiger partial charge in [0.2, 0.25) is 0 Å². The molecule has 5 heteroatoms. The molecule has 1 heterocycles. The van der Waals surface area contributed by atoms with Crippen molar-refractivity contribution in [1.29, 1.82) is 0 Å². The molecule has 2 aromatic carbocycles. The zero-order valence-electron chi connectivity index (χ0n) is 13.3. The van der Waals surface area contributed by atoms with Gasteiger partial charge in [0.15, 0.2) is 11.5 Å². The van der Waals surface area contributed by atoms with Gasteiger partial charge in [0, 0.05) is 16.0 Å². The number of thiazole rings is 1. The van der Waals surface area contributed by atoms with Gasteiger partial charge in [0.25, 0.3) is 0 Å². The topological polar surface area (TPSA) is 31.4 Å². The van der Waals surface area contributed by atoms with Crippen LogP contribution in [0.5, 0.6) is 11.5 Å². The van der Waals surface area contributed by atoms with Gasteiger partial charge in [-0.3, -0.25) is 0 Å². The number of nitrogens with zero attached hydrogens (tertiary/aromatic N) is 1. The van der Waals surface area contributed by atoms with Gasteiger partial charge in [-0.15, -0.1) is 11.3 Å². The molecular weight excluding hydrogens is 342 g/mol. The van der Waals surface area contributed by atoms with Crippen LogP contribution in [-0.4, -0.2) is 19.2 Å². The first-order valence-corrected chi connectivity index (χ1v) is 8.57. The molecule has 1 aromatic heterocycles. The summed E-state index contributed by atoms with van der Waals surface area (Å²) in [6, 6.07) is 13.5. The molecule has 3 nitrogen and oxygen atoms in total. The summed E-state index contributed by atoms with van der Waals surface area (Å²) in [5.41, 5.74) is 3.03. The van der Waals surface area contributed by atoms with Gasteiger partial charge in [-0.1, -0.05) is 35.9 Å². The number of halogens is 1. The number of benzene rings is 2. The van der Waals surface area contributed by atoms with Gasteiger partial charge < -0.3 is 9.47 Å². The molecule has 122 valence electrons. The summed E-state index contributed by atoms with van der Waals surface area (Å²) in [6.45, 7) is 0. The fourth-order valence-electron chi connectivity index (χ4n) is 2.24. The molecule has 0 bridgehead atoms. The number of hydrogen-bond donors (Lipinski definition) is 0. The second kappa shape index (κ2) is 7.51. The predicted octanol–water partition coefficient (Wildman–Crippen LogP) is 5.65. The van der Waals surface area contributed by atoms with Gasteiger partial charge in [-0.25, -0.2) is 4.98 Å². The lowest BCUT2D eigenvalue weighted by Gasteiger charge is -2.07. The van der Waals surface area contributed by atoms with Crippen molar-refractivity contribution < 1.29 is 9.47 Å². The Labute approximate surface area is 150 Å². The van der Waals surface area contributed by atoms with E-state index in [0.717, 1.165) is 26.9 Å². The largest absolute Gasteiger partial charge is 0.493 e. The van der Waals surface area contributed by atoms with Crippen LogP contribution in [0.2, 0.25) is 5.02 Å². The lowest BCUT2D eigenvalue weighted by molar-refractivity contribution is 0.355. The van der Waals surface area contributed by atoms with Crippen molar-refractivity contribution in [3.05, 3.63) is 63.4 Å². The zero-order chi connectivity index (χ0) is 16.9. The molecule has 0 amide bonds. The standard InChI is InChI=1S/C19H16ClNO2S/c1-22-17-9-3-13(11-18(17)23-2)4-10-19-21-16(12-24-19)14-5-7-15(20)8-6-14/h3-12H,1-2H3. The van der Waals surface area contributed by atoms with E-state index in [2.05, 4.69) is 4.98 Å². The SMILES string of the molecule is COc1ccc(C=Cc2nc(-c3ccc(Cl)cc3)cs2)cc1OC. The zero-order valence-corrected chi connectivity index (χ0v) is 14.9. The van der Waals surface area contributed by atoms with Crippen molar-refractivity contribution in [3.63, 3.8) is 0 Å². The van der Waals surface area contributed by atoms with Crippen LogP contribution in [0.3, 0.4) is 0 Å². The maximum atomic E-state index is 5.92. The maximum Gasteiger partial charge on any atom is 0.161 e. The summed E-state index contributed by atoms with van der Waals surface area (Å²) in [5.74, 6) is 1.43. The van der Waals surface area contributed by atoms with Gasteiger partial charge in [0.05, 0.1) is 19.9 Å². The third kappa shape index (κ3) is 3.78. The van der Waals surface area contributed by atoms with E-state index in [1.54, 1.807) is 25.6 Å². The van der Waals surface area contributed by atoms with E-state index in [0.29, 0.717) is 11.5 Å². The summed E-state index contributed by atoms with van der Waals surface area (Å²) in [7, 11) is 3.26. The predicted molar refractivity (Wildman–Crippen MR) is 101 cm³/mol. The molecule has 0 atom stereocenters. The Morgan fingerprint density at radius 3 is 2.42 bits per heavy atom. The number of aromatic nitrogens is 1. The highest BCUT2D eigenvalue weighted by Crippen LogP contribution is 2.29. The number of ether oxygens (including phenoxy) is 2. The average Bonchev–Trinajstić information content (AvgIpc) is 3.09. The Hall–Kier alpha value is -2.30. The molecule has 0 unspecified atom stereocenters. The normalized spacial score (nSPS) is 11.0. The number of rotatable bonds is 5. The first-order valence-electron chi connectivity index (χ1n) is 7.31. The minimum atomic E-state index is 0.709. The maximum absolute atomic E-state index is 5.92. The smallest absolute Gasteiger partial charge is 0.161 e. The first kappa shape index (κ1) is 16.6. The number of methoxy groups -OCH3 is 2. The van der Waals surface area contributed by atoms with Crippen LogP contribution in [-0.2, 0) is 0 Å². The molecule has 0 saturated carbocycles. The van der Waals surface area contributed by atoms with E-state index < -0.39 is 0 Å². The van der Waals surface area contributed by atoms with E-state index in [9.17, 15) is 0 Å².